The van der Waals surface area contributed by atoms with Crippen molar-refractivity contribution >= 4 is 5.95 Å². The Balaban J connectivity index is 1.86. The normalized spacial score (nSPS) is 23.3. The molecule has 18 heavy (non-hydrogen) atoms. The predicted molar refractivity (Wildman–Crippen MR) is 71.0 cm³/mol. The lowest BCUT2D eigenvalue weighted by molar-refractivity contribution is 0.318. The maximum absolute atomic E-state index is 8.79. The molecular formula is C14H20N4. The summed E-state index contributed by atoms with van der Waals surface area (Å²) < 4.78 is 0. The average Bonchev–Trinajstić information content (AvgIpc) is 2.42. The van der Waals surface area contributed by atoms with E-state index >= 15 is 0 Å². The summed E-state index contributed by atoms with van der Waals surface area (Å²) in [4.78, 5) is 8.32. The molecule has 0 aliphatic heterocycles. The molecule has 0 saturated heterocycles. The fraction of sp³-hybridized carbons (Fsp3) is 0.643. The fourth-order valence-electron chi connectivity index (χ4n) is 2.68. The molecule has 1 heterocycles. The molecule has 1 saturated carbocycles. The monoisotopic (exact) mass is 244 g/mol. The number of aromatic nitrogens is 2. The van der Waals surface area contributed by atoms with Crippen LogP contribution in [0.5, 0.6) is 0 Å². The van der Waals surface area contributed by atoms with Crippen LogP contribution >= 0.6 is 0 Å². The summed E-state index contributed by atoms with van der Waals surface area (Å²) >= 11 is 0. The third-order valence-corrected chi connectivity index (χ3v) is 3.65. The van der Waals surface area contributed by atoms with Crippen LogP contribution in [0.2, 0.25) is 0 Å². The Morgan fingerprint density at radius 2 is 2.17 bits per heavy atom. The van der Waals surface area contributed by atoms with Crippen LogP contribution in [0.1, 0.15) is 51.1 Å². The molecule has 0 radical (unpaired) electrons. The molecule has 96 valence electrons. The zero-order valence-electron chi connectivity index (χ0n) is 10.9. The summed E-state index contributed by atoms with van der Waals surface area (Å²) in [6.45, 7) is 2.26. The van der Waals surface area contributed by atoms with Crippen molar-refractivity contribution in [3.8, 4) is 6.07 Å². The summed E-state index contributed by atoms with van der Waals surface area (Å²) in [5, 5.41) is 12.1. The summed E-state index contributed by atoms with van der Waals surface area (Å²) in [5.74, 6) is 1.49. The SMILES string of the molecule is CCCC1CCC(Nc2nccc(C#N)n2)CC1. The van der Waals surface area contributed by atoms with Gasteiger partial charge < -0.3 is 5.32 Å². The molecule has 0 bridgehead atoms. The molecule has 0 spiro atoms. The van der Waals surface area contributed by atoms with E-state index in [9.17, 15) is 0 Å². The zero-order chi connectivity index (χ0) is 12.8. The third kappa shape index (κ3) is 3.43. The Hall–Kier alpha value is -1.63. The molecule has 1 aromatic rings. The van der Waals surface area contributed by atoms with Gasteiger partial charge in [-0.1, -0.05) is 19.8 Å². The van der Waals surface area contributed by atoms with Crippen molar-refractivity contribution in [3.05, 3.63) is 18.0 Å². The van der Waals surface area contributed by atoms with Crippen LogP contribution in [-0.4, -0.2) is 16.0 Å². The van der Waals surface area contributed by atoms with Crippen LogP contribution in [0.4, 0.5) is 5.95 Å². The van der Waals surface area contributed by atoms with Crippen LogP contribution in [-0.2, 0) is 0 Å². The van der Waals surface area contributed by atoms with Gasteiger partial charge in [0.15, 0.2) is 0 Å². The van der Waals surface area contributed by atoms with E-state index < -0.39 is 0 Å². The molecule has 1 aliphatic rings. The van der Waals surface area contributed by atoms with E-state index in [-0.39, 0.29) is 0 Å². The van der Waals surface area contributed by atoms with Gasteiger partial charge in [-0.2, -0.15) is 5.26 Å². The highest BCUT2D eigenvalue weighted by atomic mass is 15.1. The smallest absolute Gasteiger partial charge is 0.224 e. The molecule has 1 aliphatic carbocycles. The highest BCUT2D eigenvalue weighted by Gasteiger charge is 2.20. The number of anilines is 1. The van der Waals surface area contributed by atoms with Gasteiger partial charge in [0.25, 0.3) is 0 Å². The number of rotatable bonds is 4. The number of hydrogen-bond acceptors (Lipinski definition) is 4. The number of hydrogen-bond donors (Lipinski definition) is 1. The van der Waals surface area contributed by atoms with Crippen molar-refractivity contribution in [2.24, 2.45) is 5.92 Å². The summed E-state index contributed by atoms with van der Waals surface area (Å²) in [6.07, 6.45) is 9.24. The second-order valence-electron chi connectivity index (χ2n) is 5.03. The maximum atomic E-state index is 8.79. The largest absolute Gasteiger partial charge is 0.351 e. The second kappa shape index (κ2) is 6.34. The molecule has 1 fully saturated rings. The second-order valence-corrected chi connectivity index (χ2v) is 5.03. The van der Waals surface area contributed by atoms with Crippen LogP contribution < -0.4 is 5.32 Å². The topological polar surface area (TPSA) is 61.6 Å². The molecule has 0 unspecified atom stereocenters. The van der Waals surface area contributed by atoms with Crippen molar-refractivity contribution < 1.29 is 0 Å². The zero-order valence-corrected chi connectivity index (χ0v) is 10.9. The van der Waals surface area contributed by atoms with Gasteiger partial charge in [-0.05, 0) is 37.7 Å². The van der Waals surface area contributed by atoms with Crippen molar-refractivity contribution in [2.45, 2.75) is 51.5 Å². The number of nitrogens with zero attached hydrogens (tertiary/aromatic N) is 3. The van der Waals surface area contributed by atoms with Gasteiger partial charge in [0.2, 0.25) is 5.95 Å². The molecule has 0 atom stereocenters. The standard InChI is InChI=1S/C14H20N4/c1-2-3-11-4-6-12(7-5-11)17-14-16-9-8-13(10-15)18-14/h8-9,11-12H,2-7H2,1H3,(H,16,17,18). The molecular weight excluding hydrogens is 224 g/mol. The van der Waals surface area contributed by atoms with Gasteiger partial charge in [0.05, 0.1) is 0 Å². The fourth-order valence-corrected chi connectivity index (χ4v) is 2.68. The highest BCUT2D eigenvalue weighted by molar-refractivity contribution is 5.31. The molecule has 0 aromatic carbocycles. The Labute approximate surface area is 108 Å². The first-order chi connectivity index (χ1) is 8.81. The molecule has 2 rings (SSSR count). The average molecular weight is 244 g/mol. The highest BCUT2D eigenvalue weighted by Crippen LogP contribution is 2.28. The van der Waals surface area contributed by atoms with E-state index in [0.717, 1.165) is 5.92 Å². The van der Waals surface area contributed by atoms with E-state index in [4.69, 9.17) is 5.26 Å². The number of nitrogens with one attached hydrogen (secondary N) is 1. The molecule has 1 aromatic heterocycles. The van der Waals surface area contributed by atoms with Crippen molar-refractivity contribution in [2.75, 3.05) is 5.32 Å². The van der Waals surface area contributed by atoms with Gasteiger partial charge in [-0.3, -0.25) is 0 Å². The van der Waals surface area contributed by atoms with Crippen molar-refractivity contribution in [1.29, 1.82) is 5.26 Å². The summed E-state index contributed by atoms with van der Waals surface area (Å²) in [6, 6.07) is 4.13. The lowest BCUT2D eigenvalue weighted by Gasteiger charge is -2.28. The van der Waals surface area contributed by atoms with Crippen LogP contribution in [0.15, 0.2) is 12.3 Å². The Morgan fingerprint density at radius 3 is 2.83 bits per heavy atom. The predicted octanol–water partition coefficient (Wildman–Crippen LogP) is 3.12. The first-order valence-corrected chi connectivity index (χ1v) is 6.81. The first-order valence-electron chi connectivity index (χ1n) is 6.81. The lowest BCUT2D eigenvalue weighted by atomic mass is 9.83. The van der Waals surface area contributed by atoms with Gasteiger partial charge in [0, 0.05) is 12.2 Å². The van der Waals surface area contributed by atoms with Crippen LogP contribution in [0.3, 0.4) is 0 Å². The minimum Gasteiger partial charge on any atom is -0.351 e. The van der Waals surface area contributed by atoms with Crippen molar-refractivity contribution in [1.82, 2.24) is 9.97 Å². The van der Waals surface area contributed by atoms with Crippen LogP contribution in [0.25, 0.3) is 0 Å². The molecule has 4 nitrogen and oxygen atoms in total. The molecule has 1 N–H and O–H groups in total. The first kappa shape index (κ1) is 12.8. The minimum atomic E-state index is 0.423. The van der Waals surface area contributed by atoms with E-state index in [2.05, 4.69) is 22.2 Å². The lowest BCUT2D eigenvalue weighted by Crippen LogP contribution is -2.27. The van der Waals surface area contributed by atoms with Gasteiger partial charge in [-0.15, -0.1) is 0 Å². The maximum Gasteiger partial charge on any atom is 0.224 e. The van der Waals surface area contributed by atoms with Gasteiger partial charge >= 0.3 is 0 Å². The summed E-state index contributed by atoms with van der Waals surface area (Å²) in [7, 11) is 0. The third-order valence-electron chi connectivity index (χ3n) is 3.65. The Kier molecular flexibility index (Phi) is 4.52. The van der Waals surface area contributed by atoms with Gasteiger partial charge in [0.1, 0.15) is 11.8 Å². The van der Waals surface area contributed by atoms with E-state index in [1.807, 2.05) is 6.07 Å². The van der Waals surface area contributed by atoms with Gasteiger partial charge in [-0.25, -0.2) is 9.97 Å². The van der Waals surface area contributed by atoms with E-state index in [1.54, 1.807) is 12.3 Å². The Bertz CT molecular complexity index is 416. The Morgan fingerprint density at radius 1 is 1.39 bits per heavy atom. The minimum absolute atomic E-state index is 0.423. The molecule has 0 amide bonds. The quantitative estimate of drug-likeness (QED) is 0.884. The van der Waals surface area contributed by atoms with Crippen LogP contribution in [0, 0.1) is 17.2 Å². The van der Waals surface area contributed by atoms with Crippen molar-refractivity contribution in [3.63, 3.8) is 0 Å². The molecule has 4 heteroatoms. The number of nitriles is 1. The van der Waals surface area contributed by atoms with E-state index in [0.29, 0.717) is 17.7 Å². The summed E-state index contributed by atoms with van der Waals surface area (Å²) in [5.41, 5.74) is 0.423. The van der Waals surface area contributed by atoms with E-state index in [1.165, 1.54) is 38.5 Å².